The minimum Gasteiger partial charge on any atom is -0.496 e. The van der Waals surface area contributed by atoms with Crippen LogP contribution in [-0.2, 0) is 16.1 Å². The second-order valence-electron chi connectivity index (χ2n) is 6.37. The zero-order valence-electron chi connectivity index (χ0n) is 17.1. The molecule has 0 radical (unpaired) electrons. The molecule has 0 atom stereocenters. The maximum Gasteiger partial charge on any atom is 0.191 e. The number of hydrogen-bond donors (Lipinski definition) is 2. The van der Waals surface area contributed by atoms with Gasteiger partial charge in [0.2, 0.25) is 0 Å². The Kier molecular flexibility index (Phi) is 16.4. The van der Waals surface area contributed by atoms with Gasteiger partial charge in [0, 0.05) is 38.4 Å². The summed E-state index contributed by atoms with van der Waals surface area (Å²) >= 11 is 0. The van der Waals surface area contributed by atoms with Crippen LogP contribution in [0.1, 0.15) is 32.8 Å². The molecule has 0 saturated carbocycles. The number of rotatable bonds is 13. The van der Waals surface area contributed by atoms with Gasteiger partial charge in [0.15, 0.2) is 5.96 Å². The van der Waals surface area contributed by atoms with Crippen LogP contribution in [-0.4, -0.2) is 52.5 Å². The summed E-state index contributed by atoms with van der Waals surface area (Å²) in [6, 6.07) is 7.90. The Balaban J connectivity index is 0.00000676. The van der Waals surface area contributed by atoms with E-state index in [4.69, 9.17) is 14.2 Å². The molecule has 0 aliphatic heterocycles. The Hall–Kier alpha value is -1.06. The standard InChI is InChI=1S/C20H35N3O3.HI/c1-5-21-20(22-11-8-13-25-15-17(2)3)23-12-14-26-16-18-9-6-7-10-19(18)24-4;/h6-7,9-10,17H,5,8,11-16H2,1-4H3,(H2,21,22,23);1H. The number of para-hydroxylation sites is 1. The fourth-order valence-corrected chi connectivity index (χ4v) is 2.26. The van der Waals surface area contributed by atoms with E-state index in [0.29, 0.717) is 25.7 Å². The number of nitrogens with one attached hydrogen (secondary N) is 2. The van der Waals surface area contributed by atoms with Crippen molar-refractivity contribution in [2.24, 2.45) is 10.9 Å². The van der Waals surface area contributed by atoms with Gasteiger partial charge in [0.1, 0.15) is 5.75 Å². The van der Waals surface area contributed by atoms with Crippen molar-refractivity contribution < 1.29 is 14.2 Å². The van der Waals surface area contributed by atoms with Gasteiger partial charge in [0.05, 0.1) is 20.3 Å². The Morgan fingerprint density at radius 1 is 1.11 bits per heavy atom. The summed E-state index contributed by atoms with van der Waals surface area (Å²) in [5.41, 5.74) is 1.05. The van der Waals surface area contributed by atoms with E-state index in [1.54, 1.807) is 7.11 Å². The first-order valence-electron chi connectivity index (χ1n) is 9.46. The molecule has 0 amide bonds. The van der Waals surface area contributed by atoms with E-state index < -0.39 is 0 Å². The lowest BCUT2D eigenvalue weighted by atomic mass is 10.2. The molecule has 1 aromatic carbocycles. The smallest absolute Gasteiger partial charge is 0.191 e. The van der Waals surface area contributed by atoms with Crippen molar-refractivity contribution in [3.8, 4) is 5.75 Å². The highest BCUT2D eigenvalue weighted by atomic mass is 127. The maximum atomic E-state index is 5.73. The quantitative estimate of drug-likeness (QED) is 0.191. The third-order valence-corrected chi connectivity index (χ3v) is 3.50. The summed E-state index contributed by atoms with van der Waals surface area (Å²) in [7, 11) is 1.67. The highest BCUT2D eigenvalue weighted by Crippen LogP contribution is 2.17. The van der Waals surface area contributed by atoms with Crippen molar-refractivity contribution in [2.45, 2.75) is 33.8 Å². The van der Waals surface area contributed by atoms with E-state index >= 15 is 0 Å². The number of hydrogen-bond acceptors (Lipinski definition) is 4. The second kappa shape index (κ2) is 17.1. The van der Waals surface area contributed by atoms with Gasteiger partial charge >= 0.3 is 0 Å². The molecule has 0 aliphatic rings. The molecule has 0 bridgehead atoms. The molecule has 0 heterocycles. The van der Waals surface area contributed by atoms with Crippen LogP contribution in [0.15, 0.2) is 29.3 Å². The largest absolute Gasteiger partial charge is 0.496 e. The molecular weight excluding hydrogens is 457 g/mol. The van der Waals surface area contributed by atoms with Crippen molar-refractivity contribution in [2.75, 3.05) is 46.6 Å². The molecule has 0 fully saturated rings. The first-order chi connectivity index (χ1) is 12.7. The lowest BCUT2D eigenvalue weighted by Crippen LogP contribution is -2.39. The average Bonchev–Trinajstić information content (AvgIpc) is 2.64. The summed E-state index contributed by atoms with van der Waals surface area (Å²) in [4.78, 5) is 4.55. The van der Waals surface area contributed by atoms with Crippen LogP contribution < -0.4 is 15.4 Å². The van der Waals surface area contributed by atoms with E-state index in [9.17, 15) is 0 Å². The zero-order valence-corrected chi connectivity index (χ0v) is 19.5. The fourth-order valence-electron chi connectivity index (χ4n) is 2.26. The summed E-state index contributed by atoms with van der Waals surface area (Å²) < 4.78 is 16.6. The monoisotopic (exact) mass is 493 g/mol. The van der Waals surface area contributed by atoms with Crippen molar-refractivity contribution in [1.82, 2.24) is 10.6 Å². The highest BCUT2D eigenvalue weighted by Gasteiger charge is 2.02. The van der Waals surface area contributed by atoms with Gasteiger partial charge in [-0.2, -0.15) is 0 Å². The van der Waals surface area contributed by atoms with E-state index in [2.05, 4.69) is 36.4 Å². The van der Waals surface area contributed by atoms with E-state index in [1.165, 1.54) is 0 Å². The van der Waals surface area contributed by atoms with Crippen molar-refractivity contribution >= 4 is 29.9 Å². The van der Waals surface area contributed by atoms with Gasteiger partial charge in [-0.1, -0.05) is 32.0 Å². The molecule has 0 saturated heterocycles. The third-order valence-electron chi connectivity index (χ3n) is 3.50. The first-order valence-corrected chi connectivity index (χ1v) is 9.46. The zero-order chi connectivity index (χ0) is 19.0. The van der Waals surface area contributed by atoms with Gasteiger partial charge in [-0.25, -0.2) is 0 Å². The minimum absolute atomic E-state index is 0. The number of halogens is 1. The lowest BCUT2D eigenvalue weighted by molar-refractivity contribution is 0.109. The van der Waals surface area contributed by atoms with Gasteiger partial charge in [-0.3, -0.25) is 4.99 Å². The van der Waals surface area contributed by atoms with Gasteiger partial charge in [0.25, 0.3) is 0 Å². The summed E-state index contributed by atoms with van der Waals surface area (Å²) in [6.45, 7) is 11.3. The first kappa shape index (κ1) is 25.9. The molecular formula is C20H36IN3O3. The number of guanidine groups is 1. The van der Waals surface area contributed by atoms with E-state index in [1.807, 2.05) is 24.3 Å². The average molecular weight is 493 g/mol. The maximum absolute atomic E-state index is 5.73. The number of methoxy groups -OCH3 is 1. The topological polar surface area (TPSA) is 64.1 Å². The van der Waals surface area contributed by atoms with E-state index in [-0.39, 0.29) is 24.0 Å². The van der Waals surface area contributed by atoms with E-state index in [0.717, 1.165) is 50.0 Å². The summed E-state index contributed by atoms with van der Waals surface area (Å²) in [5.74, 6) is 2.25. The normalized spacial score (nSPS) is 11.2. The van der Waals surface area contributed by atoms with Crippen molar-refractivity contribution in [3.05, 3.63) is 29.8 Å². The van der Waals surface area contributed by atoms with Crippen LogP contribution in [0.3, 0.4) is 0 Å². The van der Waals surface area contributed by atoms with Crippen LogP contribution in [0.2, 0.25) is 0 Å². The van der Waals surface area contributed by atoms with Crippen LogP contribution in [0, 0.1) is 5.92 Å². The Morgan fingerprint density at radius 2 is 1.89 bits per heavy atom. The van der Waals surface area contributed by atoms with Crippen LogP contribution >= 0.6 is 24.0 Å². The summed E-state index contributed by atoms with van der Waals surface area (Å²) in [5, 5.41) is 6.53. The molecule has 27 heavy (non-hydrogen) atoms. The molecule has 2 N–H and O–H groups in total. The number of aliphatic imine (C=N–C) groups is 1. The highest BCUT2D eigenvalue weighted by molar-refractivity contribution is 14.0. The van der Waals surface area contributed by atoms with Gasteiger partial charge in [-0.15, -0.1) is 24.0 Å². The SMILES string of the molecule is CCNC(=NCCCOCC(C)C)NCCOCc1ccccc1OC.I. The molecule has 0 aromatic heterocycles. The van der Waals surface area contributed by atoms with Gasteiger partial charge < -0.3 is 24.8 Å². The molecule has 156 valence electrons. The Labute approximate surface area is 181 Å². The molecule has 7 heteroatoms. The van der Waals surface area contributed by atoms with Crippen LogP contribution in [0.5, 0.6) is 5.75 Å². The Bertz CT molecular complexity index is 513. The molecule has 0 unspecified atom stereocenters. The number of benzene rings is 1. The lowest BCUT2D eigenvalue weighted by Gasteiger charge is -2.12. The number of nitrogens with zero attached hydrogens (tertiary/aromatic N) is 1. The second-order valence-corrected chi connectivity index (χ2v) is 6.37. The van der Waals surface area contributed by atoms with Crippen LogP contribution in [0.25, 0.3) is 0 Å². The number of ether oxygens (including phenoxy) is 3. The molecule has 6 nitrogen and oxygen atoms in total. The molecule has 1 aromatic rings. The van der Waals surface area contributed by atoms with Gasteiger partial charge in [-0.05, 0) is 25.3 Å². The van der Waals surface area contributed by atoms with Crippen LogP contribution in [0.4, 0.5) is 0 Å². The molecule has 0 aliphatic carbocycles. The van der Waals surface area contributed by atoms with Crippen molar-refractivity contribution in [3.63, 3.8) is 0 Å². The third kappa shape index (κ3) is 12.9. The van der Waals surface area contributed by atoms with Crippen molar-refractivity contribution in [1.29, 1.82) is 0 Å². The fraction of sp³-hybridized carbons (Fsp3) is 0.650. The summed E-state index contributed by atoms with van der Waals surface area (Å²) in [6.07, 6.45) is 0.924. The predicted molar refractivity (Wildman–Crippen MR) is 122 cm³/mol. The predicted octanol–water partition coefficient (Wildman–Crippen LogP) is 3.45. The molecule has 1 rings (SSSR count). The molecule has 0 spiro atoms. The minimum atomic E-state index is 0. The Morgan fingerprint density at radius 3 is 2.59 bits per heavy atom.